The summed E-state index contributed by atoms with van der Waals surface area (Å²) in [5, 5.41) is 0. The highest BCUT2D eigenvalue weighted by Crippen LogP contribution is 2.35. The van der Waals surface area contributed by atoms with E-state index < -0.39 is 0 Å². The Balaban J connectivity index is 1.80. The molecule has 1 aliphatic carbocycles. The fraction of sp³-hybridized carbons (Fsp3) is 0.368. The Bertz CT molecular complexity index is 591. The molecule has 110 valence electrons. The van der Waals surface area contributed by atoms with Crippen LogP contribution in [0.25, 0.3) is 0 Å². The molecule has 0 aliphatic heterocycles. The quantitative estimate of drug-likeness (QED) is 0.916. The Kier molecular flexibility index (Phi) is 4.37. The Hall–Kier alpha value is -1.64. The van der Waals surface area contributed by atoms with E-state index in [1.165, 1.54) is 28.7 Å². The molecule has 0 bridgehead atoms. The molecule has 2 nitrogen and oxygen atoms in total. The monoisotopic (exact) mass is 281 g/mol. The van der Waals surface area contributed by atoms with Crippen molar-refractivity contribution in [2.75, 3.05) is 6.54 Å². The second-order valence-electron chi connectivity index (χ2n) is 5.85. The molecule has 2 aromatic carbocycles. The topological polar surface area (TPSA) is 35.2 Å². The zero-order valence-corrected chi connectivity index (χ0v) is 12.6. The number of nitrogens with two attached hydrogens (primary N) is 1. The van der Waals surface area contributed by atoms with Gasteiger partial charge < -0.3 is 10.5 Å². The molecular formula is C19H23NO. The van der Waals surface area contributed by atoms with Crippen molar-refractivity contribution in [3.05, 3.63) is 70.8 Å². The Morgan fingerprint density at radius 3 is 2.67 bits per heavy atom. The van der Waals surface area contributed by atoms with E-state index >= 15 is 0 Å². The van der Waals surface area contributed by atoms with Crippen molar-refractivity contribution in [2.45, 2.75) is 38.4 Å². The van der Waals surface area contributed by atoms with E-state index in [0.29, 0.717) is 6.54 Å². The molecule has 0 heterocycles. The largest absolute Gasteiger partial charge is 0.364 e. The fourth-order valence-corrected chi connectivity index (χ4v) is 3.10. The van der Waals surface area contributed by atoms with Gasteiger partial charge in [-0.1, -0.05) is 54.1 Å². The van der Waals surface area contributed by atoms with Gasteiger partial charge in [-0.3, -0.25) is 0 Å². The summed E-state index contributed by atoms with van der Waals surface area (Å²) in [4.78, 5) is 0. The highest BCUT2D eigenvalue weighted by atomic mass is 16.5. The minimum Gasteiger partial charge on any atom is -0.364 e. The lowest BCUT2D eigenvalue weighted by Crippen LogP contribution is -2.21. The summed E-state index contributed by atoms with van der Waals surface area (Å²) in [5.74, 6) is 0. The van der Waals surface area contributed by atoms with Crippen molar-refractivity contribution in [1.29, 1.82) is 0 Å². The molecule has 0 radical (unpaired) electrons. The number of fused-ring (bicyclic) bond motifs is 1. The SMILES string of the molecule is Cc1ccc(C(CN)OC2CCCc3ccccc32)cc1. The summed E-state index contributed by atoms with van der Waals surface area (Å²) < 4.78 is 6.37. The minimum atomic E-state index is -0.0262. The van der Waals surface area contributed by atoms with Crippen molar-refractivity contribution in [1.82, 2.24) is 0 Å². The van der Waals surface area contributed by atoms with Crippen molar-refractivity contribution < 1.29 is 4.74 Å². The molecular weight excluding hydrogens is 258 g/mol. The molecule has 2 atom stereocenters. The second-order valence-corrected chi connectivity index (χ2v) is 5.85. The van der Waals surface area contributed by atoms with Crippen LogP contribution in [-0.2, 0) is 11.2 Å². The molecule has 0 amide bonds. The van der Waals surface area contributed by atoms with E-state index in [0.717, 1.165) is 12.8 Å². The van der Waals surface area contributed by atoms with Crippen LogP contribution in [0, 0.1) is 6.92 Å². The average Bonchev–Trinajstić information content (AvgIpc) is 2.54. The second kappa shape index (κ2) is 6.42. The summed E-state index contributed by atoms with van der Waals surface area (Å²) in [6.07, 6.45) is 3.58. The Labute approximate surface area is 126 Å². The van der Waals surface area contributed by atoms with Gasteiger partial charge in [0.1, 0.15) is 0 Å². The summed E-state index contributed by atoms with van der Waals surface area (Å²) in [6, 6.07) is 17.1. The zero-order chi connectivity index (χ0) is 14.7. The zero-order valence-electron chi connectivity index (χ0n) is 12.6. The minimum absolute atomic E-state index is 0.0262. The number of benzene rings is 2. The highest BCUT2D eigenvalue weighted by molar-refractivity contribution is 5.31. The summed E-state index contributed by atoms with van der Waals surface area (Å²) in [5.41, 5.74) is 11.2. The molecule has 0 saturated carbocycles. The Morgan fingerprint density at radius 2 is 1.90 bits per heavy atom. The predicted octanol–water partition coefficient (Wildman–Crippen LogP) is 4.09. The molecule has 2 unspecified atom stereocenters. The van der Waals surface area contributed by atoms with E-state index in [-0.39, 0.29) is 12.2 Å². The highest BCUT2D eigenvalue weighted by Gasteiger charge is 2.23. The molecule has 2 heteroatoms. The third kappa shape index (κ3) is 3.17. The van der Waals surface area contributed by atoms with Crippen LogP contribution in [-0.4, -0.2) is 6.54 Å². The lowest BCUT2D eigenvalue weighted by atomic mass is 9.89. The van der Waals surface area contributed by atoms with Gasteiger partial charge in [-0.15, -0.1) is 0 Å². The predicted molar refractivity (Wildman–Crippen MR) is 86.2 cm³/mol. The number of aryl methyl sites for hydroxylation is 2. The molecule has 2 aromatic rings. The molecule has 0 fully saturated rings. The molecule has 3 rings (SSSR count). The maximum absolute atomic E-state index is 6.37. The molecule has 1 aliphatic rings. The van der Waals surface area contributed by atoms with Gasteiger partial charge in [0, 0.05) is 6.54 Å². The van der Waals surface area contributed by atoms with Crippen LogP contribution in [0.5, 0.6) is 0 Å². The van der Waals surface area contributed by atoms with Crippen molar-refractivity contribution in [2.24, 2.45) is 5.73 Å². The van der Waals surface area contributed by atoms with Crippen LogP contribution in [0.4, 0.5) is 0 Å². The Morgan fingerprint density at radius 1 is 1.14 bits per heavy atom. The molecule has 0 aromatic heterocycles. The summed E-state index contributed by atoms with van der Waals surface area (Å²) in [7, 11) is 0. The number of hydrogen-bond donors (Lipinski definition) is 1. The van der Waals surface area contributed by atoms with Crippen LogP contribution in [0.2, 0.25) is 0 Å². The van der Waals surface area contributed by atoms with E-state index in [1.807, 2.05) is 0 Å². The van der Waals surface area contributed by atoms with E-state index in [1.54, 1.807) is 0 Å². The lowest BCUT2D eigenvalue weighted by molar-refractivity contribution is -0.0191. The number of rotatable bonds is 4. The smallest absolute Gasteiger partial charge is 0.0955 e. The maximum atomic E-state index is 6.37. The summed E-state index contributed by atoms with van der Waals surface area (Å²) in [6.45, 7) is 2.61. The standard InChI is InChI=1S/C19H23NO/c1-14-9-11-16(12-10-14)19(13-20)21-18-8-4-6-15-5-2-3-7-17(15)18/h2-3,5,7,9-12,18-19H,4,6,8,13,20H2,1H3. The first-order valence-corrected chi connectivity index (χ1v) is 7.78. The van der Waals surface area contributed by atoms with E-state index in [4.69, 9.17) is 10.5 Å². The van der Waals surface area contributed by atoms with Crippen LogP contribution < -0.4 is 5.73 Å². The molecule has 0 saturated heterocycles. The van der Waals surface area contributed by atoms with Gasteiger partial charge in [0.2, 0.25) is 0 Å². The maximum Gasteiger partial charge on any atom is 0.0955 e. The van der Waals surface area contributed by atoms with Crippen LogP contribution in [0.3, 0.4) is 0 Å². The van der Waals surface area contributed by atoms with E-state index in [2.05, 4.69) is 55.5 Å². The third-order valence-electron chi connectivity index (χ3n) is 4.31. The van der Waals surface area contributed by atoms with E-state index in [9.17, 15) is 0 Å². The van der Waals surface area contributed by atoms with Gasteiger partial charge in [-0.25, -0.2) is 0 Å². The van der Waals surface area contributed by atoms with Gasteiger partial charge in [0.05, 0.1) is 12.2 Å². The van der Waals surface area contributed by atoms with Crippen LogP contribution >= 0.6 is 0 Å². The number of ether oxygens (including phenoxy) is 1. The lowest BCUT2D eigenvalue weighted by Gasteiger charge is -2.29. The number of hydrogen-bond acceptors (Lipinski definition) is 2. The van der Waals surface area contributed by atoms with Gasteiger partial charge in [0.25, 0.3) is 0 Å². The van der Waals surface area contributed by atoms with Gasteiger partial charge in [0.15, 0.2) is 0 Å². The fourth-order valence-electron chi connectivity index (χ4n) is 3.10. The average molecular weight is 281 g/mol. The van der Waals surface area contributed by atoms with Gasteiger partial charge >= 0.3 is 0 Å². The normalized spacial score (nSPS) is 19.0. The summed E-state index contributed by atoms with van der Waals surface area (Å²) >= 11 is 0. The first kappa shape index (κ1) is 14.3. The molecule has 0 spiro atoms. The van der Waals surface area contributed by atoms with Gasteiger partial charge in [-0.2, -0.15) is 0 Å². The van der Waals surface area contributed by atoms with Crippen molar-refractivity contribution >= 4 is 0 Å². The van der Waals surface area contributed by atoms with Crippen LogP contribution in [0.15, 0.2) is 48.5 Å². The first-order chi connectivity index (χ1) is 10.3. The van der Waals surface area contributed by atoms with Crippen molar-refractivity contribution in [3.8, 4) is 0 Å². The first-order valence-electron chi connectivity index (χ1n) is 7.78. The van der Waals surface area contributed by atoms with Crippen molar-refractivity contribution in [3.63, 3.8) is 0 Å². The molecule has 2 N–H and O–H groups in total. The molecule has 21 heavy (non-hydrogen) atoms. The van der Waals surface area contributed by atoms with Crippen LogP contribution in [0.1, 0.15) is 47.3 Å². The van der Waals surface area contributed by atoms with Gasteiger partial charge in [-0.05, 0) is 42.9 Å². The third-order valence-corrected chi connectivity index (χ3v) is 4.31.